The fourth-order valence-corrected chi connectivity index (χ4v) is 10.4. The minimum atomic E-state index is -2.05. The second-order valence-corrected chi connectivity index (χ2v) is 14.4. The SMILES string of the molecule is CC(C)[Si](O[C@H](C)[C@@H]1NC(=O)CC(C)(c2ccccc2)O1)(C(C)C)C(C)C. The maximum atomic E-state index is 12.5. The van der Waals surface area contributed by atoms with Crippen LogP contribution in [0.2, 0.25) is 16.6 Å². The van der Waals surface area contributed by atoms with Gasteiger partial charge >= 0.3 is 0 Å². The number of hydrogen-bond donors (Lipinski definition) is 1. The first kappa shape index (κ1) is 22.1. The Hall–Kier alpha value is -1.17. The molecule has 4 nitrogen and oxygen atoms in total. The maximum absolute atomic E-state index is 12.5. The van der Waals surface area contributed by atoms with E-state index in [2.05, 4.69) is 46.9 Å². The van der Waals surface area contributed by atoms with Gasteiger partial charge in [-0.2, -0.15) is 0 Å². The van der Waals surface area contributed by atoms with Crippen LogP contribution in [-0.4, -0.2) is 26.6 Å². The summed E-state index contributed by atoms with van der Waals surface area (Å²) in [7, 11) is -2.05. The zero-order valence-electron chi connectivity index (χ0n) is 18.2. The van der Waals surface area contributed by atoms with E-state index in [1.165, 1.54) is 0 Å². The van der Waals surface area contributed by atoms with Gasteiger partial charge in [0.1, 0.15) is 5.60 Å². The van der Waals surface area contributed by atoms with Gasteiger partial charge in [-0.25, -0.2) is 0 Å². The third-order valence-corrected chi connectivity index (χ3v) is 12.3. The largest absolute Gasteiger partial charge is 0.409 e. The number of hydrogen-bond acceptors (Lipinski definition) is 3. The van der Waals surface area contributed by atoms with Crippen molar-refractivity contribution in [1.29, 1.82) is 0 Å². The van der Waals surface area contributed by atoms with Crippen LogP contribution in [0.1, 0.15) is 67.4 Å². The van der Waals surface area contributed by atoms with Crippen molar-refractivity contribution in [3.63, 3.8) is 0 Å². The van der Waals surface area contributed by atoms with Gasteiger partial charge in [0.25, 0.3) is 0 Å². The van der Waals surface area contributed by atoms with Crippen LogP contribution in [0.25, 0.3) is 0 Å². The van der Waals surface area contributed by atoms with E-state index < -0.39 is 20.1 Å². The normalized spacial score (nSPS) is 25.1. The monoisotopic (exact) mass is 391 g/mol. The molecule has 1 aromatic rings. The maximum Gasteiger partial charge on any atom is 0.225 e. The van der Waals surface area contributed by atoms with Gasteiger partial charge in [0, 0.05) is 0 Å². The molecule has 1 fully saturated rings. The summed E-state index contributed by atoms with van der Waals surface area (Å²) in [6.07, 6.45) is -0.322. The van der Waals surface area contributed by atoms with Gasteiger partial charge in [-0.15, -0.1) is 0 Å². The lowest BCUT2D eigenvalue weighted by atomic mass is 9.90. The second-order valence-electron chi connectivity index (χ2n) is 9.02. The zero-order valence-corrected chi connectivity index (χ0v) is 19.2. The van der Waals surface area contributed by atoms with E-state index in [1.807, 2.05) is 44.2 Å². The molecular formula is C22H37NO3Si. The first-order valence-electron chi connectivity index (χ1n) is 10.2. The van der Waals surface area contributed by atoms with E-state index in [0.29, 0.717) is 23.0 Å². The fraction of sp³-hybridized carbons (Fsp3) is 0.682. The molecule has 0 aliphatic carbocycles. The molecule has 3 atom stereocenters. The second kappa shape index (κ2) is 8.46. The summed E-state index contributed by atoms with van der Waals surface area (Å²) in [5.74, 6) is 0.0129. The quantitative estimate of drug-likeness (QED) is 0.638. The first-order chi connectivity index (χ1) is 12.5. The zero-order chi connectivity index (χ0) is 20.4. The Morgan fingerprint density at radius 3 is 2.04 bits per heavy atom. The molecule has 0 aromatic heterocycles. The molecule has 1 unspecified atom stereocenters. The van der Waals surface area contributed by atoms with Crippen molar-refractivity contribution in [3.8, 4) is 0 Å². The Balaban J connectivity index is 2.27. The molecule has 1 heterocycles. The highest BCUT2D eigenvalue weighted by Gasteiger charge is 2.49. The molecule has 5 heteroatoms. The van der Waals surface area contributed by atoms with Gasteiger partial charge in [0.15, 0.2) is 6.23 Å². The summed E-state index contributed by atoms with van der Waals surface area (Å²) in [5.41, 5.74) is 1.85. The number of carbonyl (C=O) groups excluding carboxylic acids is 1. The molecule has 0 bridgehead atoms. The summed E-state index contributed by atoms with van der Waals surface area (Å²) >= 11 is 0. The highest BCUT2D eigenvalue weighted by molar-refractivity contribution is 6.77. The van der Waals surface area contributed by atoms with Crippen LogP contribution in [-0.2, 0) is 19.6 Å². The molecule has 2 rings (SSSR count). The first-order valence-corrected chi connectivity index (χ1v) is 12.4. The van der Waals surface area contributed by atoms with Gasteiger partial charge in [-0.3, -0.25) is 4.79 Å². The third kappa shape index (κ3) is 4.46. The fourth-order valence-electron chi connectivity index (χ4n) is 4.83. The van der Waals surface area contributed by atoms with Gasteiger partial charge in [-0.1, -0.05) is 71.9 Å². The van der Waals surface area contributed by atoms with Gasteiger partial charge < -0.3 is 14.5 Å². The van der Waals surface area contributed by atoms with Crippen molar-refractivity contribution >= 4 is 14.2 Å². The predicted octanol–water partition coefficient (Wildman–Crippen LogP) is 5.35. The van der Waals surface area contributed by atoms with Crippen LogP contribution in [0.5, 0.6) is 0 Å². The number of carbonyl (C=O) groups is 1. The number of rotatable bonds is 7. The minimum Gasteiger partial charge on any atom is -0.409 e. The molecule has 1 aliphatic rings. The molecule has 0 spiro atoms. The molecule has 1 aliphatic heterocycles. The van der Waals surface area contributed by atoms with E-state index in [1.54, 1.807) is 0 Å². The smallest absolute Gasteiger partial charge is 0.225 e. The van der Waals surface area contributed by atoms with Crippen molar-refractivity contribution in [2.24, 2.45) is 0 Å². The van der Waals surface area contributed by atoms with E-state index in [-0.39, 0.29) is 12.0 Å². The molecule has 0 saturated carbocycles. The molecule has 1 N–H and O–H groups in total. The average Bonchev–Trinajstić information content (AvgIpc) is 2.58. The van der Waals surface area contributed by atoms with Crippen molar-refractivity contribution < 1.29 is 14.0 Å². The van der Waals surface area contributed by atoms with Crippen LogP contribution < -0.4 is 5.32 Å². The van der Waals surface area contributed by atoms with Gasteiger partial charge in [0.05, 0.1) is 12.5 Å². The summed E-state index contributed by atoms with van der Waals surface area (Å²) in [6, 6.07) is 10.00. The van der Waals surface area contributed by atoms with Crippen LogP contribution in [0, 0.1) is 0 Å². The van der Waals surface area contributed by atoms with Crippen molar-refractivity contribution in [3.05, 3.63) is 35.9 Å². The lowest BCUT2D eigenvalue weighted by Gasteiger charge is -2.47. The molecule has 1 saturated heterocycles. The van der Waals surface area contributed by atoms with E-state index in [4.69, 9.17) is 9.16 Å². The van der Waals surface area contributed by atoms with Gasteiger partial charge in [-0.05, 0) is 36.0 Å². The summed E-state index contributed by atoms with van der Waals surface area (Å²) in [5, 5.41) is 3.02. The Kier molecular flexibility index (Phi) is 6.93. The van der Waals surface area contributed by atoms with E-state index in [0.717, 1.165) is 5.56 Å². The van der Waals surface area contributed by atoms with Crippen LogP contribution >= 0.6 is 0 Å². The Morgan fingerprint density at radius 2 is 1.56 bits per heavy atom. The van der Waals surface area contributed by atoms with Crippen LogP contribution in [0.4, 0.5) is 0 Å². The van der Waals surface area contributed by atoms with Crippen molar-refractivity contribution in [1.82, 2.24) is 5.32 Å². The van der Waals surface area contributed by atoms with Crippen LogP contribution in [0.3, 0.4) is 0 Å². The standard InChI is InChI=1S/C22H37NO3Si/c1-15(2)27(16(3)4,17(5)6)26-18(7)21-23-20(24)14-22(8,25-21)19-12-10-9-11-13-19/h9-13,15-18,21H,14H2,1-8H3,(H,23,24)/t18-,21-,22?/m1/s1. The summed E-state index contributed by atoms with van der Waals surface area (Å²) in [4.78, 5) is 12.5. The Bertz CT molecular complexity index is 610. The van der Waals surface area contributed by atoms with E-state index >= 15 is 0 Å². The Labute approximate surface area is 166 Å². The predicted molar refractivity (Wildman–Crippen MR) is 113 cm³/mol. The van der Waals surface area contributed by atoms with Crippen molar-refractivity contribution in [2.45, 2.75) is 96.4 Å². The number of benzene rings is 1. The molecule has 0 radical (unpaired) electrons. The topological polar surface area (TPSA) is 47.6 Å². The molecule has 1 amide bonds. The number of amides is 1. The molecule has 1 aromatic carbocycles. The molecule has 152 valence electrons. The molecular weight excluding hydrogens is 354 g/mol. The highest BCUT2D eigenvalue weighted by Crippen LogP contribution is 2.44. The third-order valence-electron chi connectivity index (χ3n) is 6.10. The number of ether oxygens (including phenoxy) is 1. The number of nitrogens with one attached hydrogen (secondary N) is 1. The highest BCUT2D eigenvalue weighted by atomic mass is 28.4. The van der Waals surface area contributed by atoms with Crippen molar-refractivity contribution in [2.75, 3.05) is 0 Å². The van der Waals surface area contributed by atoms with Crippen LogP contribution in [0.15, 0.2) is 30.3 Å². The average molecular weight is 392 g/mol. The van der Waals surface area contributed by atoms with E-state index in [9.17, 15) is 4.79 Å². The minimum absolute atomic E-state index is 0.0129. The summed E-state index contributed by atoms with van der Waals surface area (Å²) in [6.45, 7) is 17.7. The lowest BCUT2D eigenvalue weighted by molar-refractivity contribution is -0.179. The van der Waals surface area contributed by atoms with Gasteiger partial charge in [0.2, 0.25) is 14.2 Å². The Morgan fingerprint density at radius 1 is 1.04 bits per heavy atom. The summed E-state index contributed by atoms with van der Waals surface area (Å²) < 4.78 is 13.3. The lowest BCUT2D eigenvalue weighted by Crippen LogP contribution is -2.59. The molecule has 27 heavy (non-hydrogen) atoms.